The molecule has 0 saturated carbocycles. The molecular weight excluding hydrogens is 322 g/mol. The highest BCUT2D eigenvalue weighted by molar-refractivity contribution is 7.84. The number of rotatable bonds is 11. The Morgan fingerprint density at radius 2 is 2.04 bits per heavy atom. The second kappa shape index (κ2) is 11.0. The van der Waals surface area contributed by atoms with Crippen molar-refractivity contribution >= 4 is 16.8 Å². The molecule has 0 aliphatic carbocycles. The zero-order valence-electron chi connectivity index (χ0n) is 13.5. The number of hydrogen-bond donors (Lipinski definition) is 1. The maximum absolute atomic E-state index is 11.9. The SMILES string of the molecule is CCCOc1c[nH]c(CS(=O)CC(=O)OCCOCC)cc1=O. The summed E-state index contributed by atoms with van der Waals surface area (Å²) < 4.78 is 27.1. The molecule has 0 aliphatic rings. The van der Waals surface area contributed by atoms with Crippen LogP contribution in [0.1, 0.15) is 26.0 Å². The van der Waals surface area contributed by atoms with Gasteiger partial charge in [0.05, 0.1) is 19.0 Å². The van der Waals surface area contributed by atoms with Crippen molar-refractivity contribution in [3.63, 3.8) is 0 Å². The first-order valence-corrected chi connectivity index (χ1v) is 8.98. The first kappa shape index (κ1) is 19.4. The summed E-state index contributed by atoms with van der Waals surface area (Å²) in [5.41, 5.74) is 0.211. The monoisotopic (exact) mass is 345 g/mol. The molecule has 1 rings (SSSR count). The topological polar surface area (TPSA) is 94.7 Å². The van der Waals surface area contributed by atoms with Crippen LogP contribution in [0.15, 0.2) is 17.1 Å². The molecule has 0 aliphatic heterocycles. The Bertz CT molecular complexity index is 571. The number of ether oxygens (including phenoxy) is 3. The van der Waals surface area contributed by atoms with Crippen molar-refractivity contribution in [3.8, 4) is 5.75 Å². The predicted octanol–water partition coefficient (Wildman–Crippen LogP) is 0.992. The molecule has 8 heteroatoms. The van der Waals surface area contributed by atoms with Gasteiger partial charge in [0.1, 0.15) is 12.4 Å². The van der Waals surface area contributed by atoms with Crippen molar-refractivity contribution in [2.45, 2.75) is 26.0 Å². The number of aromatic amines is 1. The normalized spacial score (nSPS) is 11.9. The summed E-state index contributed by atoms with van der Waals surface area (Å²) in [6, 6.07) is 1.34. The lowest BCUT2D eigenvalue weighted by molar-refractivity contribution is -0.141. The van der Waals surface area contributed by atoms with Gasteiger partial charge in [0.25, 0.3) is 0 Å². The number of H-pyrrole nitrogens is 1. The third-order valence-electron chi connectivity index (χ3n) is 2.69. The van der Waals surface area contributed by atoms with Crippen LogP contribution >= 0.6 is 0 Å². The predicted molar refractivity (Wildman–Crippen MR) is 87.0 cm³/mol. The molecule has 0 amide bonds. The Kier molecular flexibility index (Phi) is 9.23. The van der Waals surface area contributed by atoms with Crippen molar-refractivity contribution in [1.82, 2.24) is 4.98 Å². The summed E-state index contributed by atoms with van der Waals surface area (Å²) in [7, 11) is -1.45. The average molecular weight is 345 g/mol. The third-order valence-corrected chi connectivity index (χ3v) is 3.88. The molecule has 0 spiro atoms. The maximum Gasteiger partial charge on any atom is 0.318 e. The lowest BCUT2D eigenvalue weighted by atomic mass is 10.3. The van der Waals surface area contributed by atoms with Crippen molar-refractivity contribution < 1.29 is 23.2 Å². The quantitative estimate of drug-likeness (QED) is 0.475. The number of carbonyl (C=O) groups is 1. The summed E-state index contributed by atoms with van der Waals surface area (Å²) in [6.45, 7) is 5.26. The van der Waals surface area contributed by atoms with E-state index in [2.05, 4.69) is 4.98 Å². The smallest absolute Gasteiger partial charge is 0.318 e. The summed E-state index contributed by atoms with van der Waals surface area (Å²) in [5.74, 6) is -0.462. The van der Waals surface area contributed by atoms with Gasteiger partial charge in [-0.3, -0.25) is 13.8 Å². The Morgan fingerprint density at radius 1 is 1.26 bits per heavy atom. The average Bonchev–Trinajstić information content (AvgIpc) is 2.50. The Morgan fingerprint density at radius 3 is 2.70 bits per heavy atom. The molecule has 23 heavy (non-hydrogen) atoms. The lowest BCUT2D eigenvalue weighted by Crippen LogP contribution is -2.18. The van der Waals surface area contributed by atoms with Gasteiger partial charge in [-0.05, 0) is 13.3 Å². The van der Waals surface area contributed by atoms with Crippen molar-refractivity contribution in [1.29, 1.82) is 0 Å². The maximum atomic E-state index is 11.9. The van der Waals surface area contributed by atoms with Crippen molar-refractivity contribution in [2.75, 3.05) is 32.2 Å². The van der Waals surface area contributed by atoms with E-state index >= 15 is 0 Å². The fraction of sp³-hybridized carbons (Fsp3) is 0.600. The lowest BCUT2D eigenvalue weighted by Gasteiger charge is -2.07. The molecule has 1 N–H and O–H groups in total. The molecular formula is C15H23NO6S. The number of aromatic nitrogens is 1. The number of carbonyl (C=O) groups excluding carboxylic acids is 1. The van der Waals surface area contributed by atoms with E-state index in [1.54, 1.807) is 0 Å². The van der Waals surface area contributed by atoms with Crippen LogP contribution in [0.25, 0.3) is 0 Å². The van der Waals surface area contributed by atoms with Gasteiger partial charge in [0.15, 0.2) is 5.75 Å². The van der Waals surface area contributed by atoms with E-state index in [1.165, 1.54) is 12.3 Å². The molecule has 1 atom stereocenters. The molecule has 0 aromatic carbocycles. The van der Waals surface area contributed by atoms with E-state index in [-0.39, 0.29) is 29.3 Å². The third kappa shape index (κ3) is 7.94. The minimum Gasteiger partial charge on any atom is -0.488 e. The number of esters is 1. The molecule has 1 unspecified atom stereocenters. The van der Waals surface area contributed by atoms with Gasteiger partial charge in [-0.2, -0.15) is 0 Å². The Balaban J connectivity index is 2.43. The van der Waals surface area contributed by atoms with Gasteiger partial charge in [0, 0.05) is 35.4 Å². The minimum absolute atomic E-state index is 0.0733. The molecule has 130 valence electrons. The van der Waals surface area contributed by atoms with Crippen LogP contribution in [-0.4, -0.2) is 47.3 Å². The summed E-state index contributed by atoms with van der Waals surface area (Å²) >= 11 is 0. The standard InChI is InChI=1S/C15H23NO6S/c1-3-5-21-14-9-16-12(8-13(14)17)10-23(19)11-15(18)22-7-6-20-4-2/h8-9H,3-7,10-11H2,1-2H3,(H,16,17). The summed E-state index contributed by atoms with van der Waals surface area (Å²) in [4.78, 5) is 26.1. The van der Waals surface area contributed by atoms with Gasteiger partial charge < -0.3 is 19.2 Å². The second-order valence-corrected chi connectivity index (χ2v) is 6.14. The van der Waals surface area contributed by atoms with Gasteiger partial charge in [-0.1, -0.05) is 6.92 Å². The van der Waals surface area contributed by atoms with E-state index in [4.69, 9.17) is 14.2 Å². The highest BCUT2D eigenvalue weighted by Crippen LogP contribution is 2.05. The molecule has 0 bridgehead atoms. The van der Waals surface area contributed by atoms with Crippen LogP contribution in [0.2, 0.25) is 0 Å². The number of nitrogens with one attached hydrogen (secondary N) is 1. The van der Waals surface area contributed by atoms with E-state index in [0.717, 1.165) is 6.42 Å². The van der Waals surface area contributed by atoms with E-state index in [0.29, 0.717) is 25.5 Å². The fourth-order valence-corrected chi connectivity index (χ4v) is 2.63. The van der Waals surface area contributed by atoms with E-state index in [9.17, 15) is 13.8 Å². The molecule has 7 nitrogen and oxygen atoms in total. The Labute approximate surface area is 137 Å². The highest BCUT2D eigenvalue weighted by Gasteiger charge is 2.11. The first-order chi connectivity index (χ1) is 11.1. The summed E-state index contributed by atoms with van der Waals surface area (Å²) in [6.07, 6.45) is 2.25. The molecule has 1 aromatic heterocycles. The van der Waals surface area contributed by atoms with Crippen LogP contribution in [0, 0.1) is 0 Å². The van der Waals surface area contributed by atoms with Gasteiger partial charge in [-0.15, -0.1) is 0 Å². The van der Waals surface area contributed by atoms with Crippen LogP contribution in [-0.2, 0) is 30.8 Å². The Hall–Kier alpha value is -1.67. The number of pyridine rings is 1. The molecule has 0 saturated heterocycles. The zero-order valence-corrected chi connectivity index (χ0v) is 14.3. The molecule has 0 fully saturated rings. The van der Waals surface area contributed by atoms with Crippen LogP contribution in [0.5, 0.6) is 5.75 Å². The molecule has 0 radical (unpaired) electrons. The fourth-order valence-electron chi connectivity index (χ4n) is 1.66. The second-order valence-electron chi connectivity index (χ2n) is 4.68. The van der Waals surface area contributed by atoms with Gasteiger partial charge in [0.2, 0.25) is 5.43 Å². The van der Waals surface area contributed by atoms with E-state index < -0.39 is 16.8 Å². The van der Waals surface area contributed by atoms with Gasteiger partial charge >= 0.3 is 5.97 Å². The van der Waals surface area contributed by atoms with Crippen molar-refractivity contribution in [3.05, 3.63) is 28.2 Å². The highest BCUT2D eigenvalue weighted by atomic mass is 32.2. The van der Waals surface area contributed by atoms with Crippen LogP contribution in [0.4, 0.5) is 0 Å². The summed E-state index contributed by atoms with van der Waals surface area (Å²) in [5, 5.41) is 0. The van der Waals surface area contributed by atoms with Crippen LogP contribution in [0.3, 0.4) is 0 Å². The largest absolute Gasteiger partial charge is 0.488 e. The van der Waals surface area contributed by atoms with E-state index in [1.807, 2.05) is 13.8 Å². The molecule has 1 heterocycles. The van der Waals surface area contributed by atoms with Gasteiger partial charge in [-0.25, -0.2) is 0 Å². The zero-order chi connectivity index (χ0) is 17.1. The molecule has 1 aromatic rings. The number of hydrogen-bond acceptors (Lipinski definition) is 6. The first-order valence-electron chi connectivity index (χ1n) is 7.49. The minimum atomic E-state index is -1.45. The van der Waals surface area contributed by atoms with Crippen LogP contribution < -0.4 is 10.2 Å². The van der Waals surface area contributed by atoms with Crippen molar-refractivity contribution in [2.24, 2.45) is 0 Å².